The number of thioether (sulfide) groups is 1. The Bertz CT molecular complexity index is 1270. The van der Waals surface area contributed by atoms with Gasteiger partial charge in [0.2, 0.25) is 5.91 Å². The molecule has 2 fully saturated rings. The third-order valence-corrected chi connectivity index (χ3v) is 8.73. The Hall–Kier alpha value is -2.31. The molecular formula is C26H28ClN3O2S. The number of amides is 1. The molecule has 1 amide bonds. The molecular weight excluding hydrogens is 454 g/mol. The van der Waals surface area contributed by atoms with E-state index < -0.39 is 0 Å². The first kappa shape index (κ1) is 22.5. The van der Waals surface area contributed by atoms with E-state index in [1.807, 2.05) is 37.3 Å². The van der Waals surface area contributed by atoms with E-state index in [2.05, 4.69) is 12.2 Å². The van der Waals surface area contributed by atoms with Gasteiger partial charge in [-0.2, -0.15) is 0 Å². The molecule has 1 aromatic heterocycles. The van der Waals surface area contributed by atoms with E-state index in [1.165, 1.54) is 37.4 Å². The molecule has 1 N–H and O–H groups in total. The largest absolute Gasteiger partial charge is 0.353 e. The van der Waals surface area contributed by atoms with Gasteiger partial charge in [-0.25, -0.2) is 4.98 Å². The van der Waals surface area contributed by atoms with Crippen molar-refractivity contribution in [2.45, 2.75) is 50.7 Å². The topological polar surface area (TPSA) is 64.0 Å². The third kappa shape index (κ3) is 4.31. The van der Waals surface area contributed by atoms with Gasteiger partial charge in [0.1, 0.15) is 0 Å². The molecule has 0 aliphatic heterocycles. The minimum Gasteiger partial charge on any atom is -0.353 e. The maximum atomic E-state index is 13.4. The highest BCUT2D eigenvalue weighted by atomic mass is 35.5. The van der Waals surface area contributed by atoms with Gasteiger partial charge in [0.05, 0.1) is 22.3 Å². The molecule has 2 saturated carbocycles. The van der Waals surface area contributed by atoms with Crippen LogP contribution in [0.1, 0.15) is 38.2 Å². The molecule has 5 rings (SSSR count). The van der Waals surface area contributed by atoms with Gasteiger partial charge in [0, 0.05) is 11.1 Å². The fourth-order valence-corrected chi connectivity index (χ4v) is 6.69. The Kier molecular flexibility index (Phi) is 6.23. The van der Waals surface area contributed by atoms with Gasteiger partial charge in [-0.3, -0.25) is 14.2 Å². The summed E-state index contributed by atoms with van der Waals surface area (Å²) in [5.74, 6) is 2.38. The highest BCUT2D eigenvalue weighted by molar-refractivity contribution is 7.99. The molecule has 0 saturated heterocycles. The number of carbonyl (C=O) groups excluding carboxylic acids is 1. The fraction of sp³-hybridized carbons (Fsp3) is 0.423. The van der Waals surface area contributed by atoms with Gasteiger partial charge >= 0.3 is 0 Å². The van der Waals surface area contributed by atoms with E-state index in [-0.39, 0.29) is 23.3 Å². The molecule has 33 heavy (non-hydrogen) atoms. The zero-order valence-electron chi connectivity index (χ0n) is 18.9. The zero-order chi connectivity index (χ0) is 23.1. The van der Waals surface area contributed by atoms with E-state index >= 15 is 0 Å². The molecule has 4 atom stereocenters. The molecule has 0 radical (unpaired) electrons. The minimum absolute atomic E-state index is 0.0213. The Balaban J connectivity index is 1.41. The Morgan fingerprint density at radius 1 is 1.21 bits per heavy atom. The number of carbonyl (C=O) groups is 1. The molecule has 172 valence electrons. The standard InChI is InChI=1S/C26H28ClN3O2S/c1-15-21(27)7-5-9-23(15)30-25(32)19-6-3-4-8-22(19)29-26(30)33-14-24(31)28-16(2)20-13-17-10-11-18(20)12-17/h3-9,16-18,20H,10-14H2,1-2H3,(H,28,31). The monoisotopic (exact) mass is 481 g/mol. The normalized spacial score (nSPS) is 22.6. The van der Waals surface area contributed by atoms with Crippen LogP contribution in [0.4, 0.5) is 0 Å². The van der Waals surface area contributed by atoms with Crippen LogP contribution >= 0.6 is 23.4 Å². The number of aromatic nitrogens is 2. The number of para-hydroxylation sites is 1. The zero-order valence-corrected chi connectivity index (χ0v) is 20.5. The first-order valence-electron chi connectivity index (χ1n) is 11.6. The molecule has 2 aliphatic rings. The molecule has 2 aromatic carbocycles. The summed E-state index contributed by atoms with van der Waals surface area (Å²) in [5.41, 5.74) is 1.94. The second-order valence-corrected chi connectivity index (χ2v) is 10.8. The van der Waals surface area contributed by atoms with E-state index in [4.69, 9.17) is 16.6 Å². The number of nitrogens with zero attached hydrogens (tertiary/aromatic N) is 2. The molecule has 0 spiro atoms. The highest BCUT2D eigenvalue weighted by Crippen LogP contribution is 2.49. The van der Waals surface area contributed by atoms with Crippen molar-refractivity contribution in [2.24, 2.45) is 17.8 Å². The predicted molar refractivity (Wildman–Crippen MR) is 134 cm³/mol. The van der Waals surface area contributed by atoms with Crippen LogP contribution in [0.3, 0.4) is 0 Å². The number of rotatable bonds is 6. The molecule has 2 bridgehead atoms. The van der Waals surface area contributed by atoms with Crippen LogP contribution in [0.5, 0.6) is 0 Å². The van der Waals surface area contributed by atoms with Gasteiger partial charge in [0.15, 0.2) is 5.16 Å². The van der Waals surface area contributed by atoms with E-state index in [0.717, 1.165) is 17.4 Å². The minimum atomic E-state index is -0.163. The summed E-state index contributed by atoms with van der Waals surface area (Å²) in [5, 5.41) is 4.83. The summed E-state index contributed by atoms with van der Waals surface area (Å²) in [7, 11) is 0. The maximum absolute atomic E-state index is 13.4. The number of nitrogens with one attached hydrogen (secondary N) is 1. The Morgan fingerprint density at radius 3 is 2.79 bits per heavy atom. The highest BCUT2D eigenvalue weighted by Gasteiger charge is 2.42. The van der Waals surface area contributed by atoms with E-state index in [0.29, 0.717) is 32.7 Å². The second kappa shape index (κ2) is 9.15. The number of hydrogen-bond acceptors (Lipinski definition) is 4. The predicted octanol–water partition coefficient (Wildman–Crippen LogP) is 5.38. The van der Waals surface area contributed by atoms with Gasteiger partial charge in [0.25, 0.3) is 5.56 Å². The smallest absolute Gasteiger partial charge is 0.266 e. The SMILES string of the molecule is Cc1c(Cl)cccc1-n1c(SCC(=O)NC(C)C2CC3CCC2C3)nc2ccccc2c1=O. The molecule has 4 unspecified atom stereocenters. The van der Waals surface area contributed by atoms with Crippen molar-refractivity contribution in [3.8, 4) is 5.69 Å². The van der Waals surface area contributed by atoms with Crippen molar-refractivity contribution < 1.29 is 4.79 Å². The van der Waals surface area contributed by atoms with Crippen molar-refractivity contribution in [1.29, 1.82) is 0 Å². The lowest BCUT2D eigenvalue weighted by Gasteiger charge is -2.28. The average molecular weight is 482 g/mol. The van der Waals surface area contributed by atoms with Crippen molar-refractivity contribution in [3.05, 3.63) is 63.4 Å². The molecule has 3 aromatic rings. The first-order valence-corrected chi connectivity index (χ1v) is 13.0. The second-order valence-electron chi connectivity index (χ2n) is 9.42. The summed E-state index contributed by atoms with van der Waals surface area (Å²) in [6, 6.07) is 13.0. The van der Waals surface area contributed by atoms with Crippen molar-refractivity contribution in [1.82, 2.24) is 14.9 Å². The van der Waals surface area contributed by atoms with Crippen LogP contribution in [0.25, 0.3) is 16.6 Å². The number of halogens is 1. The van der Waals surface area contributed by atoms with Crippen LogP contribution in [0, 0.1) is 24.7 Å². The maximum Gasteiger partial charge on any atom is 0.266 e. The van der Waals surface area contributed by atoms with Crippen LogP contribution in [0.15, 0.2) is 52.4 Å². The summed E-state index contributed by atoms with van der Waals surface area (Å²) in [6.45, 7) is 4.02. The van der Waals surface area contributed by atoms with Crippen molar-refractivity contribution in [2.75, 3.05) is 5.75 Å². The Labute approximate surface area is 202 Å². The molecule has 5 nitrogen and oxygen atoms in total. The van der Waals surface area contributed by atoms with Crippen molar-refractivity contribution in [3.63, 3.8) is 0 Å². The van der Waals surface area contributed by atoms with E-state index in [9.17, 15) is 9.59 Å². The molecule has 2 aliphatic carbocycles. The van der Waals surface area contributed by atoms with Gasteiger partial charge in [-0.15, -0.1) is 0 Å². The van der Waals surface area contributed by atoms with Gasteiger partial charge in [-0.05, 0) is 80.7 Å². The quantitative estimate of drug-likeness (QED) is 0.379. The third-order valence-electron chi connectivity index (χ3n) is 7.38. The van der Waals surface area contributed by atoms with Crippen LogP contribution in [-0.2, 0) is 4.79 Å². The fourth-order valence-electron chi connectivity index (χ4n) is 5.70. The lowest BCUT2D eigenvalue weighted by Crippen LogP contribution is -2.41. The summed E-state index contributed by atoms with van der Waals surface area (Å²) in [6.07, 6.45) is 5.22. The number of hydrogen-bond donors (Lipinski definition) is 1. The average Bonchev–Trinajstić information content (AvgIpc) is 3.44. The lowest BCUT2D eigenvalue weighted by molar-refractivity contribution is -0.119. The summed E-state index contributed by atoms with van der Waals surface area (Å²) >= 11 is 7.64. The van der Waals surface area contributed by atoms with Crippen LogP contribution in [0.2, 0.25) is 5.02 Å². The number of benzene rings is 2. The summed E-state index contributed by atoms with van der Waals surface area (Å²) in [4.78, 5) is 31.0. The van der Waals surface area contributed by atoms with Crippen LogP contribution < -0.4 is 10.9 Å². The first-order chi connectivity index (χ1) is 15.9. The van der Waals surface area contributed by atoms with Gasteiger partial charge in [-0.1, -0.05) is 48.0 Å². The van der Waals surface area contributed by atoms with Gasteiger partial charge < -0.3 is 5.32 Å². The molecule has 1 heterocycles. The number of fused-ring (bicyclic) bond motifs is 3. The lowest BCUT2D eigenvalue weighted by atomic mass is 9.84. The van der Waals surface area contributed by atoms with Crippen LogP contribution in [-0.4, -0.2) is 27.3 Å². The van der Waals surface area contributed by atoms with Crippen molar-refractivity contribution >= 4 is 40.2 Å². The molecule has 7 heteroatoms. The summed E-state index contributed by atoms with van der Waals surface area (Å²) < 4.78 is 1.58. The Morgan fingerprint density at radius 2 is 2.03 bits per heavy atom. The van der Waals surface area contributed by atoms with E-state index in [1.54, 1.807) is 16.7 Å².